The summed E-state index contributed by atoms with van der Waals surface area (Å²) in [5.74, 6) is 0.683. The third-order valence-corrected chi connectivity index (χ3v) is 4.61. The van der Waals surface area contributed by atoms with Gasteiger partial charge < -0.3 is 24.5 Å². The number of methoxy groups -OCH3 is 2. The number of carbonyl (C=O) groups excluding carboxylic acids is 2. The zero-order valence-electron chi connectivity index (χ0n) is 14.8. The molecule has 3 aromatic rings. The molecule has 7 nitrogen and oxygen atoms in total. The van der Waals surface area contributed by atoms with Crippen LogP contribution in [0.3, 0.4) is 0 Å². The molecule has 0 bridgehead atoms. The maximum absolute atomic E-state index is 12.5. The van der Waals surface area contributed by atoms with E-state index >= 15 is 0 Å². The van der Waals surface area contributed by atoms with Crippen molar-refractivity contribution in [3.63, 3.8) is 0 Å². The Morgan fingerprint density at radius 3 is 2.59 bits per heavy atom. The van der Waals surface area contributed by atoms with Gasteiger partial charge in [0.05, 0.1) is 37.6 Å². The Morgan fingerprint density at radius 1 is 1.11 bits per heavy atom. The molecule has 2 heterocycles. The van der Waals surface area contributed by atoms with Crippen LogP contribution in [0.15, 0.2) is 52.5 Å². The van der Waals surface area contributed by atoms with E-state index in [-0.39, 0.29) is 18.4 Å². The molecule has 27 heavy (non-hydrogen) atoms. The molecule has 0 spiro atoms. The molecule has 140 valence electrons. The molecule has 3 rings (SSSR count). The van der Waals surface area contributed by atoms with E-state index in [4.69, 9.17) is 13.9 Å². The number of nitrogens with one attached hydrogen (secondary N) is 2. The summed E-state index contributed by atoms with van der Waals surface area (Å²) in [7, 11) is 2.93. The van der Waals surface area contributed by atoms with Gasteiger partial charge in [-0.1, -0.05) is 6.07 Å². The van der Waals surface area contributed by atoms with Crippen molar-refractivity contribution in [3.8, 4) is 11.5 Å². The molecule has 2 amide bonds. The van der Waals surface area contributed by atoms with Crippen LogP contribution in [0, 0.1) is 0 Å². The van der Waals surface area contributed by atoms with Crippen LogP contribution in [0.1, 0.15) is 25.8 Å². The maximum atomic E-state index is 12.5. The summed E-state index contributed by atoms with van der Waals surface area (Å²) in [6.07, 6.45) is 1.54. The van der Waals surface area contributed by atoms with E-state index in [1.54, 1.807) is 36.4 Å². The van der Waals surface area contributed by atoms with Crippen molar-refractivity contribution in [3.05, 3.63) is 64.2 Å². The molecule has 2 aromatic heterocycles. The van der Waals surface area contributed by atoms with Gasteiger partial charge in [0.2, 0.25) is 0 Å². The van der Waals surface area contributed by atoms with Crippen molar-refractivity contribution in [1.29, 1.82) is 0 Å². The monoisotopic (exact) mass is 386 g/mol. The van der Waals surface area contributed by atoms with Gasteiger partial charge in [0.15, 0.2) is 11.5 Å². The molecule has 0 saturated carbocycles. The lowest BCUT2D eigenvalue weighted by Crippen LogP contribution is -2.23. The summed E-state index contributed by atoms with van der Waals surface area (Å²) in [6, 6.07) is 10.1. The molecule has 1 aromatic carbocycles. The second-order valence-electron chi connectivity index (χ2n) is 5.45. The number of benzene rings is 1. The van der Waals surface area contributed by atoms with Crippen molar-refractivity contribution >= 4 is 28.8 Å². The predicted octanol–water partition coefficient (Wildman–Crippen LogP) is 3.54. The summed E-state index contributed by atoms with van der Waals surface area (Å²) in [4.78, 5) is 25.5. The number of hydrogen-bond acceptors (Lipinski definition) is 6. The maximum Gasteiger partial charge on any atom is 0.265 e. The molecular formula is C19H18N2O5S. The minimum atomic E-state index is -0.334. The van der Waals surface area contributed by atoms with Crippen LogP contribution in [0.4, 0.5) is 5.69 Å². The van der Waals surface area contributed by atoms with Crippen molar-refractivity contribution in [1.82, 2.24) is 5.32 Å². The fraction of sp³-hybridized carbons (Fsp3) is 0.158. The Kier molecular flexibility index (Phi) is 5.77. The van der Waals surface area contributed by atoms with Crippen LogP contribution in [0.25, 0.3) is 0 Å². The molecule has 0 aliphatic rings. The second kappa shape index (κ2) is 8.41. The smallest absolute Gasteiger partial charge is 0.265 e. The highest BCUT2D eigenvalue weighted by molar-refractivity contribution is 7.12. The number of hydrogen-bond donors (Lipinski definition) is 2. The number of carbonyl (C=O) groups is 2. The minimum Gasteiger partial charge on any atom is -0.493 e. The van der Waals surface area contributed by atoms with E-state index in [0.717, 1.165) is 0 Å². The molecule has 2 N–H and O–H groups in total. The number of furan rings is 1. The van der Waals surface area contributed by atoms with Gasteiger partial charge in [-0.15, -0.1) is 11.3 Å². The molecule has 8 heteroatoms. The van der Waals surface area contributed by atoms with Crippen LogP contribution >= 0.6 is 11.3 Å². The average molecular weight is 386 g/mol. The lowest BCUT2D eigenvalue weighted by Gasteiger charge is -2.15. The minimum absolute atomic E-state index is 0.247. The van der Waals surface area contributed by atoms with Crippen molar-refractivity contribution in [2.24, 2.45) is 0 Å². The van der Waals surface area contributed by atoms with Gasteiger partial charge in [-0.2, -0.15) is 0 Å². The standard InChI is InChI=1S/C19H18N2O5S/c1-24-15-10-12(18(22)20-11-13-5-3-7-26-13)9-14(17(15)25-2)21-19(23)16-6-4-8-27-16/h3-10H,11H2,1-2H3,(H,20,22)(H,21,23). The van der Waals surface area contributed by atoms with E-state index in [0.29, 0.717) is 33.4 Å². The SMILES string of the molecule is COc1cc(C(=O)NCc2ccco2)cc(NC(=O)c2cccs2)c1OC. The lowest BCUT2D eigenvalue weighted by molar-refractivity contribution is 0.0946. The first-order chi connectivity index (χ1) is 13.1. The molecule has 0 aliphatic heterocycles. The first-order valence-corrected chi connectivity index (χ1v) is 8.91. The molecule has 0 saturated heterocycles. The molecule has 0 radical (unpaired) electrons. The summed E-state index contributed by atoms with van der Waals surface area (Å²) in [6.45, 7) is 0.247. The Bertz CT molecular complexity index is 920. The van der Waals surface area contributed by atoms with Gasteiger partial charge in [-0.05, 0) is 35.7 Å². The van der Waals surface area contributed by atoms with Gasteiger partial charge in [-0.3, -0.25) is 9.59 Å². The molecule has 0 atom stereocenters. The van der Waals surface area contributed by atoms with Gasteiger partial charge in [0.25, 0.3) is 11.8 Å². The Balaban J connectivity index is 1.85. The molecule has 0 fully saturated rings. The highest BCUT2D eigenvalue weighted by Gasteiger charge is 2.19. The van der Waals surface area contributed by atoms with Crippen LogP contribution in [-0.2, 0) is 6.54 Å². The number of amides is 2. The van der Waals surface area contributed by atoms with Crippen LogP contribution in [0.2, 0.25) is 0 Å². The summed E-state index contributed by atoms with van der Waals surface area (Å²) in [5, 5.41) is 7.34. The number of thiophene rings is 1. The lowest BCUT2D eigenvalue weighted by atomic mass is 10.1. The predicted molar refractivity (Wildman–Crippen MR) is 102 cm³/mol. The van der Waals surface area contributed by atoms with E-state index in [2.05, 4.69) is 10.6 Å². The Hall–Kier alpha value is -3.26. The molecule has 0 unspecified atom stereocenters. The van der Waals surface area contributed by atoms with Crippen molar-refractivity contribution in [2.45, 2.75) is 6.54 Å². The summed E-state index contributed by atoms with van der Waals surface area (Å²) in [5.41, 5.74) is 0.666. The third kappa shape index (κ3) is 4.29. The quantitative estimate of drug-likeness (QED) is 0.648. The van der Waals surface area contributed by atoms with E-state index in [1.165, 1.54) is 31.8 Å². The number of anilines is 1. The van der Waals surface area contributed by atoms with Gasteiger partial charge >= 0.3 is 0 Å². The van der Waals surface area contributed by atoms with Crippen LogP contribution < -0.4 is 20.1 Å². The summed E-state index contributed by atoms with van der Waals surface area (Å²) >= 11 is 1.32. The van der Waals surface area contributed by atoms with E-state index < -0.39 is 0 Å². The summed E-state index contributed by atoms with van der Waals surface area (Å²) < 4.78 is 15.9. The van der Waals surface area contributed by atoms with Gasteiger partial charge in [0, 0.05) is 5.56 Å². The first kappa shape index (κ1) is 18.5. The second-order valence-corrected chi connectivity index (χ2v) is 6.40. The van der Waals surface area contributed by atoms with Crippen LogP contribution in [-0.4, -0.2) is 26.0 Å². The zero-order valence-corrected chi connectivity index (χ0v) is 15.6. The van der Waals surface area contributed by atoms with Crippen LogP contribution in [0.5, 0.6) is 11.5 Å². The fourth-order valence-electron chi connectivity index (χ4n) is 2.46. The molecule has 0 aliphatic carbocycles. The van der Waals surface area contributed by atoms with Gasteiger partial charge in [0.1, 0.15) is 5.76 Å². The number of rotatable bonds is 7. The fourth-order valence-corrected chi connectivity index (χ4v) is 3.08. The Morgan fingerprint density at radius 2 is 1.96 bits per heavy atom. The zero-order chi connectivity index (χ0) is 19.2. The highest BCUT2D eigenvalue weighted by Crippen LogP contribution is 2.37. The third-order valence-electron chi connectivity index (χ3n) is 3.74. The highest BCUT2D eigenvalue weighted by atomic mass is 32.1. The first-order valence-electron chi connectivity index (χ1n) is 8.04. The molecular weight excluding hydrogens is 368 g/mol. The van der Waals surface area contributed by atoms with E-state index in [9.17, 15) is 9.59 Å². The Labute approximate surface area is 159 Å². The van der Waals surface area contributed by atoms with Gasteiger partial charge in [-0.25, -0.2) is 0 Å². The topological polar surface area (TPSA) is 89.8 Å². The van der Waals surface area contributed by atoms with Crippen molar-refractivity contribution < 1.29 is 23.5 Å². The average Bonchev–Trinajstić information content (AvgIpc) is 3.39. The number of ether oxygens (including phenoxy) is 2. The normalized spacial score (nSPS) is 10.3. The van der Waals surface area contributed by atoms with E-state index in [1.807, 2.05) is 5.38 Å². The largest absolute Gasteiger partial charge is 0.493 e. The van der Waals surface area contributed by atoms with Crippen molar-refractivity contribution in [2.75, 3.05) is 19.5 Å².